The summed E-state index contributed by atoms with van der Waals surface area (Å²) in [6, 6.07) is 7.52. The standard InChI is InChI=1S/C13H17ClO/c1-13(7-6-11(14)9-13)8-10-2-4-12(15)5-3-10/h2-5,11,15H,6-9H2,1H3. The zero-order chi connectivity index (χ0) is 10.9. The largest absolute Gasteiger partial charge is 0.508 e. The van der Waals surface area contributed by atoms with Crippen molar-refractivity contribution in [3.63, 3.8) is 0 Å². The van der Waals surface area contributed by atoms with E-state index in [1.165, 1.54) is 12.0 Å². The molecule has 1 saturated carbocycles. The molecule has 1 aliphatic rings. The topological polar surface area (TPSA) is 20.2 Å². The van der Waals surface area contributed by atoms with Crippen LogP contribution < -0.4 is 0 Å². The van der Waals surface area contributed by atoms with E-state index < -0.39 is 0 Å². The highest BCUT2D eigenvalue weighted by Crippen LogP contribution is 2.42. The molecule has 2 unspecified atom stereocenters. The Balaban J connectivity index is 2.05. The van der Waals surface area contributed by atoms with Gasteiger partial charge >= 0.3 is 0 Å². The van der Waals surface area contributed by atoms with E-state index in [1.807, 2.05) is 12.1 Å². The molecule has 15 heavy (non-hydrogen) atoms. The van der Waals surface area contributed by atoms with E-state index in [0.29, 0.717) is 16.5 Å². The van der Waals surface area contributed by atoms with Crippen LogP contribution in [0.1, 0.15) is 31.7 Å². The van der Waals surface area contributed by atoms with Crippen molar-refractivity contribution in [1.29, 1.82) is 0 Å². The molecule has 1 aromatic carbocycles. The van der Waals surface area contributed by atoms with E-state index >= 15 is 0 Å². The summed E-state index contributed by atoms with van der Waals surface area (Å²) in [6.07, 6.45) is 4.52. The van der Waals surface area contributed by atoms with Gasteiger partial charge in [0.1, 0.15) is 5.75 Å². The van der Waals surface area contributed by atoms with Gasteiger partial charge in [0.2, 0.25) is 0 Å². The third-order valence-electron chi connectivity index (χ3n) is 3.34. The van der Waals surface area contributed by atoms with Gasteiger partial charge in [0.15, 0.2) is 0 Å². The maximum atomic E-state index is 9.20. The number of hydrogen-bond donors (Lipinski definition) is 1. The van der Waals surface area contributed by atoms with Crippen LogP contribution in [0.2, 0.25) is 0 Å². The average molecular weight is 225 g/mol. The maximum Gasteiger partial charge on any atom is 0.115 e. The van der Waals surface area contributed by atoms with Gasteiger partial charge in [-0.2, -0.15) is 0 Å². The number of aromatic hydroxyl groups is 1. The quantitative estimate of drug-likeness (QED) is 0.759. The first kappa shape index (κ1) is 10.8. The average Bonchev–Trinajstić information content (AvgIpc) is 2.50. The van der Waals surface area contributed by atoms with Crippen molar-refractivity contribution >= 4 is 11.6 Å². The monoisotopic (exact) mass is 224 g/mol. The van der Waals surface area contributed by atoms with Crippen LogP contribution in [-0.2, 0) is 6.42 Å². The van der Waals surface area contributed by atoms with Crippen LogP contribution in [0.15, 0.2) is 24.3 Å². The van der Waals surface area contributed by atoms with Crippen LogP contribution >= 0.6 is 11.6 Å². The molecule has 0 spiro atoms. The van der Waals surface area contributed by atoms with Crippen molar-refractivity contribution in [3.8, 4) is 5.75 Å². The van der Waals surface area contributed by atoms with E-state index in [4.69, 9.17) is 11.6 Å². The molecule has 0 bridgehead atoms. The predicted octanol–water partition coefficient (Wildman–Crippen LogP) is 3.73. The molecular formula is C13H17ClO. The lowest BCUT2D eigenvalue weighted by molar-refractivity contribution is 0.335. The molecule has 1 nitrogen and oxygen atoms in total. The summed E-state index contributed by atoms with van der Waals surface area (Å²) in [5.41, 5.74) is 1.64. The molecule has 0 saturated heterocycles. The van der Waals surface area contributed by atoms with Crippen LogP contribution in [0, 0.1) is 5.41 Å². The Labute approximate surface area is 96.1 Å². The highest BCUT2D eigenvalue weighted by atomic mass is 35.5. The summed E-state index contributed by atoms with van der Waals surface area (Å²) in [4.78, 5) is 0. The number of alkyl halides is 1. The normalized spacial score (nSPS) is 30.7. The van der Waals surface area contributed by atoms with Gasteiger partial charge in [-0.25, -0.2) is 0 Å². The Bertz CT molecular complexity index is 333. The lowest BCUT2D eigenvalue weighted by Crippen LogP contribution is -2.15. The highest BCUT2D eigenvalue weighted by Gasteiger charge is 2.33. The van der Waals surface area contributed by atoms with Gasteiger partial charge in [0.05, 0.1) is 0 Å². The van der Waals surface area contributed by atoms with Crippen molar-refractivity contribution in [2.45, 2.75) is 38.0 Å². The second-order valence-corrected chi connectivity index (χ2v) is 5.61. The first-order valence-electron chi connectivity index (χ1n) is 5.49. The summed E-state index contributed by atoms with van der Waals surface area (Å²) in [7, 11) is 0. The molecule has 0 aromatic heterocycles. The van der Waals surface area contributed by atoms with Crippen molar-refractivity contribution in [2.24, 2.45) is 5.41 Å². The molecule has 2 heteroatoms. The fraction of sp³-hybridized carbons (Fsp3) is 0.538. The molecule has 2 atom stereocenters. The number of hydrogen-bond acceptors (Lipinski definition) is 1. The Morgan fingerprint density at radius 1 is 1.40 bits per heavy atom. The molecule has 0 amide bonds. The SMILES string of the molecule is CC1(Cc2ccc(O)cc2)CCC(Cl)C1. The molecular weight excluding hydrogens is 208 g/mol. The molecule has 0 heterocycles. The molecule has 0 radical (unpaired) electrons. The Kier molecular flexibility index (Phi) is 2.92. The van der Waals surface area contributed by atoms with Gasteiger partial charge in [-0.15, -0.1) is 11.6 Å². The smallest absolute Gasteiger partial charge is 0.115 e. The maximum absolute atomic E-state index is 9.20. The number of phenolic OH excluding ortho intramolecular Hbond substituents is 1. The van der Waals surface area contributed by atoms with Gasteiger partial charge in [-0.1, -0.05) is 19.1 Å². The van der Waals surface area contributed by atoms with E-state index in [-0.39, 0.29) is 0 Å². The van der Waals surface area contributed by atoms with Crippen LogP contribution in [0.5, 0.6) is 5.75 Å². The second-order valence-electron chi connectivity index (χ2n) is 4.99. The molecule has 1 aliphatic carbocycles. The number of phenols is 1. The third kappa shape index (κ3) is 2.66. The van der Waals surface area contributed by atoms with Gasteiger partial charge in [-0.05, 0) is 48.8 Å². The van der Waals surface area contributed by atoms with Crippen molar-refractivity contribution in [3.05, 3.63) is 29.8 Å². The lowest BCUT2D eigenvalue weighted by atomic mass is 9.82. The Morgan fingerprint density at radius 2 is 2.07 bits per heavy atom. The molecule has 1 fully saturated rings. The second kappa shape index (κ2) is 4.05. The van der Waals surface area contributed by atoms with Gasteiger partial charge in [0, 0.05) is 5.38 Å². The molecule has 0 aliphatic heterocycles. The lowest BCUT2D eigenvalue weighted by Gasteiger charge is -2.23. The molecule has 1 aromatic rings. The minimum Gasteiger partial charge on any atom is -0.508 e. The fourth-order valence-corrected chi connectivity index (χ4v) is 2.99. The molecule has 2 rings (SSSR count). The zero-order valence-electron chi connectivity index (χ0n) is 9.04. The zero-order valence-corrected chi connectivity index (χ0v) is 9.80. The summed E-state index contributed by atoms with van der Waals surface area (Å²) >= 11 is 6.15. The molecule has 82 valence electrons. The fourth-order valence-electron chi connectivity index (χ4n) is 2.51. The van der Waals surface area contributed by atoms with Crippen LogP contribution in [0.25, 0.3) is 0 Å². The van der Waals surface area contributed by atoms with E-state index in [9.17, 15) is 5.11 Å². The van der Waals surface area contributed by atoms with Crippen molar-refractivity contribution in [1.82, 2.24) is 0 Å². The van der Waals surface area contributed by atoms with E-state index in [1.54, 1.807) is 12.1 Å². The number of benzene rings is 1. The van der Waals surface area contributed by atoms with Crippen molar-refractivity contribution in [2.75, 3.05) is 0 Å². The highest BCUT2D eigenvalue weighted by molar-refractivity contribution is 6.20. The Morgan fingerprint density at radius 3 is 2.60 bits per heavy atom. The summed E-state index contributed by atoms with van der Waals surface area (Å²) in [5.74, 6) is 0.338. The minimum atomic E-state index is 0.338. The third-order valence-corrected chi connectivity index (χ3v) is 3.72. The minimum absolute atomic E-state index is 0.338. The van der Waals surface area contributed by atoms with E-state index in [0.717, 1.165) is 19.3 Å². The first-order chi connectivity index (χ1) is 7.07. The van der Waals surface area contributed by atoms with Crippen LogP contribution in [0.3, 0.4) is 0 Å². The number of halogens is 1. The van der Waals surface area contributed by atoms with E-state index in [2.05, 4.69) is 6.92 Å². The van der Waals surface area contributed by atoms with Crippen molar-refractivity contribution < 1.29 is 5.11 Å². The number of rotatable bonds is 2. The Hall–Kier alpha value is -0.690. The predicted molar refractivity (Wildman–Crippen MR) is 63.4 cm³/mol. The van der Waals surface area contributed by atoms with Crippen LogP contribution in [0.4, 0.5) is 0 Å². The van der Waals surface area contributed by atoms with Crippen LogP contribution in [-0.4, -0.2) is 10.5 Å². The first-order valence-corrected chi connectivity index (χ1v) is 5.93. The van der Waals surface area contributed by atoms with Gasteiger partial charge in [0.25, 0.3) is 0 Å². The van der Waals surface area contributed by atoms with Gasteiger partial charge in [-0.3, -0.25) is 0 Å². The summed E-state index contributed by atoms with van der Waals surface area (Å²) in [6.45, 7) is 2.31. The molecule has 1 N–H and O–H groups in total. The summed E-state index contributed by atoms with van der Waals surface area (Å²) < 4.78 is 0. The summed E-state index contributed by atoms with van der Waals surface area (Å²) in [5, 5.41) is 9.56. The van der Waals surface area contributed by atoms with Gasteiger partial charge < -0.3 is 5.11 Å².